The number of anilines is 8. The number of hydrogen-bond acceptors (Lipinski definition) is 20. The maximum absolute atomic E-state index is 13.3. The van der Waals surface area contributed by atoms with Gasteiger partial charge in [-0.2, -0.15) is 4.37 Å². The number of nitrogens with one attached hydrogen (secondary N) is 3. The van der Waals surface area contributed by atoms with Crippen molar-refractivity contribution < 1.29 is 49.6 Å². The second-order valence-electron chi connectivity index (χ2n) is 24.4. The first-order valence-corrected chi connectivity index (χ1v) is 40.0. The number of halogens is 2. The van der Waals surface area contributed by atoms with Crippen LogP contribution in [0.1, 0.15) is 71.7 Å². The third kappa shape index (κ3) is 15.6. The van der Waals surface area contributed by atoms with Crippen LogP contribution in [0.5, 0.6) is 0 Å². The first-order valence-electron chi connectivity index (χ1n) is 32.3. The first-order chi connectivity index (χ1) is 47.8. The number of sulfonamides is 3. The minimum atomic E-state index is -3.77. The summed E-state index contributed by atoms with van der Waals surface area (Å²) in [4.78, 5) is 66.4. The van der Waals surface area contributed by atoms with Gasteiger partial charge < -0.3 is 24.5 Å². The number of carbonyl (C=O) groups excluding carboxylic acids is 3. The zero-order chi connectivity index (χ0) is 69.0. The molecule has 0 aliphatic carbocycles. The van der Waals surface area contributed by atoms with Crippen LogP contribution in [0.3, 0.4) is 0 Å². The van der Waals surface area contributed by atoms with Gasteiger partial charge in [0.15, 0.2) is 10.3 Å². The molecule has 6 aliphatic heterocycles. The molecule has 530 valence electrons. The number of hydrogen-bond donors (Lipinski definition) is 3. The van der Waals surface area contributed by atoms with Gasteiger partial charge >= 0.3 is 0 Å². The average Bonchev–Trinajstić information content (AvgIpc) is 1.72. The number of amides is 3. The normalized spacial score (nSPS) is 19.4. The Morgan fingerprint density at radius 1 is 0.485 bits per heavy atom. The number of fused-ring (bicyclic) bond motifs is 2. The zero-order valence-corrected chi connectivity index (χ0v) is 60.0. The summed E-state index contributed by atoms with van der Waals surface area (Å²) in [6.07, 6.45) is 10.4. The molecule has 0 saturated carbocycles. The Morgan fingerprint density at radius 2 is 0.899 bits per heavy atom. The standard InChI is InChI=1S/C25H29N5O3S2.C22H21ClN4O3S2.C21H20ClN5O3S2.7H2/c1-19(20-5-3-2-4-6-20)28-14-16-29(17-15-28)23-11-13-30(24(23)31)21-7-9-22(10-8-21)35(32,33)27-25-26-12-18-34-25;23-16-3-8-19-15(14-16)2-1-11-27(19)20-9-12-26(21(20)28)17-4-6-18(7-5-17)32(29,30)25-22-24-10-13-31-22;22-15-3-8-18-14(12-15)2-1-10-27(18)19-9-11-26(20(19)28)16-4-6-17(7-5-16)32(29,30)25-21-23-13-24-31-21;;;;;;;/h2-10,12,18-19,23H,11,13-17H2,1H3,(H,26,27);3-8,10,13-14,20H,1-2,9,11-12H2,(H,24,25);3-8,12-13,19H,1-2,9-11H2,(H,23,24,25);7*1H/t19-,23-;20-;19-;;;;;;;/m000......./s1. The number of carbonyl (C=O) groups is 3. The predicted octanol–water partition coefficient (Wildman–Crippen LogP) is 12.9. The van der Waals surface area contributed by atoms with Crippen LogP contribution in [-0.2, 0) is 57.3 Å². The summed E-state index contributed by atoms with van der Waals surface area (Å²) < 4.78 is 86.4. The van der Waals surface area contributed by atoms with Crippen molar-refractivity contribution in [3.63, 3.8) is 0 Å². The van der Waals surface area contributed by atoms with Gasteiger partial charge in [0.2, 0.25) is 22.9 Å². The summed E-state index contributed by atoms with van der Waals surface area (Å²) in [7, 11) is -11.2. The Bertz CT molecular complexity index is 4520. The summed E-state index contributed by atoms with van der Waals surface area (Å²) in [6.45, 7) is 9.28. The van der Waals surface area contributed by atoms with Crippen molar-refractivity contribution in [1.29, 1.82) is 0 Å². The van der Waals surface area contributed by atoms with Gasteiger partial charge in [-0.25, -0.2) is 40.2 Å². The Balaban J connectivity index is 0.000000241. The van der Waals surface area contributed by atoms with E-state index in [0.717, 1.165) is 100.0 Å². The van der Waals surface area contributed by atoms with Crippen LogP contribution in [0.2, 0.25) is 10.0 Å². The van der Waals surface area contributed by atoms with Crippen LogP contribution in [0.15, 0.2) is 184 Å². The summed E-state index contributed by atoms with van der Waals surface area (Å²) in [5.74, 6) is 0.144. The van der Waals surface area contributed by atoms with Crippen LogP contribution < -0.4 is 38.7 Å². The van der Waals surface area contributed by atoms with E-state index in [1.54, 1.807) is 68.1 Å². The van der Waals surface area contributed by atoms with Crippen LogP contribution in [0.25, 0.3) is 0 Å². The molecule has 23 nitrogen and oxygen atoms in total. The lowest BCUT2D eigenvalue weighted by molar-refractivity contribution is -0.122. The molecule has 3 amide bonds. The van der Waals surface area contributed by atoms with Crippen molar-refractivity contribution in [2.45, 2.75) is 90.7 Å². The largest absolute Gasteiger partial charge is 0.359 e. The summed E-state index contributed by atoms with van der Waals surface area (Å²) >= 11 is 15.7. The molecular weight excluding hydrogens is 1420 g/mol. The molecule has 0 unspecified atom stereocenters. The van der Waals surface area contributed by atoms with Gasteiger partial charge in [-0.05, 0) is 178 Å². The van der Waals surface area contributed by atoms with Crippen molar-refractivity contribution in [3.05, 3.63) is 196 Å². The molecule has 6 aromatic carbocycles. The van der Waals surface area contributed by atoms with Crippen molar-refractivity contribution in [2.24, 2.45) is 0 Å². The van der Waals surface area contributed by atoms with E-state index in [0.29, 0.717) is 70.2 Å². The van der Waals surface area contributed by atoms with Crippen LogP contribution in [0, 0.1) is 0 Å². The molecule has 3 N–H and O–H groups in total. The van der Waals surface area contributed by atoms with Gasteiger partial charge in [-0.15, -0.1) is 22.7 Å². The fourth-order valence-electron chi connectivity index (χ4n) is 13.6. The molecule has 4 saturated heterocycles. The highest BCUT2D eigenvalue weighted by molar-refractivity contribution is 7.93. The highest BCUT2D eigenvalue weighted by Gasteiger charge is 2.42. The van der Waals surface area contributed by atoms with Gasteiger partial charge in [0.1, 0.15) is 18.4 Å². The Hall–Kier alpha value is -8.10. The summed E-state index contributed by atoms with van der Waals surface area (Å²) in [6, 6.07) is 41.2. The maximum Gasteiger partial charge on any atom is 0.263 e. The molecular formula is C68H84Cl2N14O9S6. The highest BCUT2D eigenvalue weighted by atomic mass is 35.5. The Labute approximate surface area is 607 Å². The smallest absolute Gasteiger partial charge is 0.263 e. The van der Waals surface area contributed by atoms with Crippen molar-refractivity contribution in [2.75, 3.05) is 97.6 Å². The maximum atomic E-state index is 13.3. The molecule has 9 aromatic rings. The zero-order valence-electron chi connectivity index (χ0n) is 53.6. The Kier molecular flexibility index (Phi) is 21.0. The third-order valence-electron chi connectivity index (χ3n) is 18.6. The van der Waals surface area contributed by atoms with Gasteiger partial charge in [-0.1, -0.05) is 53.5 Å². The lowest BCUT2D eigenvalue weighted by atomic mass is 9.99. The summed E-state index contributed by atoms with van der Waals surface area (Å²) in [5, 5.41) is 5.67. The molecule has 4 fully saturated rings. The minimum Gasteiger partial charge on any atom is -0.359 e. The molecule has 0 spiro atoms. The fourth-order valence-corrected chi connectivity index (χ4v) is 19.2. The quantitative estimate of drug-likeness (QED) is 0.0765. The van der Waals surface area contributed by atoms with E-state index in [1.807, 2.05) is 42.5 Å². The van der Waals surface area contributed by atoms with Gasteiger partial charge in [0, 0.05) is 148 Å². The highest BCUT2D eigenvalue weighted by Crippen LogP contribution is 2.38. The number of piperazine rings is 1. The van der Waals surface area contributed by atoms with Crippen molar-refractivity contribution in [3.8, 4) is 0 Å². The topological polar surface area (TPSA) is 264 Å². The number of aromatic nitrogens is 4. The molecule has 31 heteroatoms. The lowest BCUT2D eigenvalue weighted by Crippen LogP contribution is -2.52. The van der Waals surface area contributed by atoms with Gasteiger partial charge in [0.05, 0.1) is 20.7 Å². The van der Waals surface area contributed by atoms with Crippen molar-refractivity contribution in [1.82, 2.24) is 29.1 Å². The third-order valence-corrected chi connectivity index (χ3v) is 25.4. The van der Waals surface area contributed by atoms with E-state index < -0.39 is 30.1 Å². The number of rotatable bonds is 17. The van der Waals surface area contributed by atoms with E-state index in [-0.39, 0.29) is 65.7 Å². The molecule has 0 bridgehead atoms. The predicted molar refractivity (Wildman–Crippen MR) is 405 cm³/mol. The van der Waals surface area contributed by atoms with Crippen LogP contribution in [0.4, 0.5) is 43.8 Å². The molecule has 3 aromatic heterocycles. The second kappa shape index (κ2) is 30.0. The van der Waals surface area contributed by atoms with E-state index in [1.165, 1.54) is 88.3 Å². The molecule has 0 radical (unpaired) electrons. The van der Waals surface area contributed by atoms with Crippen LogP contribution in [-0.4, -0.2) is 149 Å². The first kappa shape index (κ1) is 69.4. The average molecular weight is 1500 g/mol. The number of thiazole rings is 2. The van der Waals surface area contributed by atoms with E-state index in [4.69, 9.17) is 23.2 Å². The minimum absolute atomic E-state index is 0. The van der Waals surface area contributed by atoms with E-state index in [2.05, 4.69) is 84.3 Å². The molecule has 15 rings (SSSR count). The van der Waals surface area contributed by atoms with E-state index in [9.17, 15) is 39.6 Å². The molecule has 6 aliphatic rings. The van der Waals surface area contributed by atoms with Crippen LogP contribution >= 0.6 is 57.4 Å². The Morgan fingerprint density at radius 3 is 1.30 bits per heavy atom. The van der Waals surface area contributed by atoms with Crippen molar-refractivity contribution >= 4 is 149 Å². The SMILES string of the molecule is C[C@@H](c1ccccc1)N1CCN([C@H]2CCN(c3ccc(S(=O)(=O)Nc4nccs4)cc3)C2=O)CC1.O=C1[C@@H](N2CCCc3cc(Cl)ccc32)CCN1c1ccc(S(=O)(=O)Nc2nccs2)cc1.O=C1[C@@H](N2CCCc3cc(Cl)ccc32)CCN1c1ccc(S(=O)(=O)Nc2ncns2)cc1.[HH].[HH].[HH].[HH].[HH].[HH].[HH]. The number of aryl methyl sites for hydroxylation is 2. The molecule has 9 heterocycles. The monoisotopic (exact) mass is 1500 g/mol. The second-order valence-corrected chi connectivity index (χ2v) is 32.9. The van der Waals surface area contributed by atoms with E-state index >= 15 is 0 Å². The summed E-state index contributed by atoms with van der Waals surface area (Å²) in [5.41, 5.74) is 7.92. The van der Waals surface area contributed by atoms with Gasteiger partial charge in [0.25, 0.3) is 30.1 Å². The fraction of sp³-hybridized carbons (Fsp3) is 0.309. The number of benzene rings is 6. The molecule has 4 atom stereocenters. The van der Waals surface area contributed by atoms with Gasteiger partial charge in [-0.3, -0.25) is 38.3 Å². The number of nitrogens with zero attached hydrogens (tertiary/aromatic N) is 11. The lowest BCUT2D eigenvalue weighted by Gasteiger charge is -2.40. The molecule has 99 heavy (non-hydrogen) atoms.